The van der Waals surface area contributed by atoms with Crippen LogP contribution in [-0.4, -0.2) is 68.9 Å². The fourth-order valence-corrected chi connectivity index (χ4v) is 9.45. The van der Waals surface area contributed by atoms with E-state index in [0.29, 0.717) is 65.7 Å². The number of benzene rings is 5. The number of ether oxygens (including phenoxy) is 3. The molecule has 13 heteroatoms. The maximum absolute atomic E-state index is 13.7. The van der Waals surface area contributed by atoms with Crippen LogP contribution < -0.4 is 25.7 Å². The monoisotopic (exact) mass is 845 g/mol. The number of anilines is 1. The molecule has 0 aliphatic carbocycles. The van der Waals surface area contributed by atoms with E-state index in [-0.39, 0.29) is 34.1 Å². The molecule has 2 aromatic heterocycles. The van der Waals surface area contributed by atoms with Crippen LogP contribution in [-0.2, 0) is 16.9 Å². The lowest BCUT2D eigenvalue weighted by Gasteiger charge is -2.36. The molecule has 3 aliphatic heterocycles. The molecule has 7 aromatic rings. The molecule has 1 spiro atoms. The third-order valence-electron chi connectivity index (χ3n) is 12.6. The molecule has 0 bridgehead atoms. The fraction of sp³-hybridized carbons (Fsp3) is 0.260. The Morgan fingerprint density at radius 3 is 2.27 bits per heavy atom. The van der Waals surface area contributed by atoms with Crippen molar-refractivity contribution in [2.45, 2.75) is 50.7 Å². The Bertz CT molecular complexity index is 2920. The van der Waals surface area contributed by atoms with E-state index in [0.717, 1.165) is 49.9 Å². The highest BCUT2D eigenvalue weighted by molar-refractivity contribution is 5.99. The summed E-state index contributed by atoms with van der Waals surface area (Å²) in [5.74, 6) is 1.18. The maximum atomic E-state index is 13.7. The zero-order valence-corrected chi connectivity index (χ0v) is 34.8. The third kappa shape index (κ3) is 7.37. The number of phenols is 2. The molecular weight excluding hydrogens is 799 g/mol. The average molecular weight is 846 g/mol. The number of aromatic hydroxyl groups is 2. The number of likely N-dealkylation sites (tertiary alicyclic amines) is 1. The Hall–Kier alpha value is -7.25. The molecule has 2 amide bonds. The number of nitrogens with one attached hydrogen (secondary N) is 2. The molecular formula is C50H47N5O8. The minimum absolute atomic E-state index is 0.00740. The third-order valence-corrected chi connectivity index (χ3v) is 12.6. The summed E-state index contributed by atoms with van der Waals surface area (Å²) in [6.45, 7) is 6.48. The molecule has 4 N–H and O–H groups in total. The minimum Gasteiger partial charge on any atom is -0.508 e. The lowest BCUT2D eigenvalue weighted by Crippen LogP contribution is -2.34. The van der Waals surface area contributed by atoms with Crippen LogP contribution >= 0.6 is 0 Å². The van der Waals surface area contributed by atoms with Crippen LogP contribution in [0.2, 0.25) is 0 Å². The van der Waals surface area contributed by atoms with E-state index in [9.17, 15) is 24.6 Å². The number of hydrogen-bond acceptors (Lipinski definition) is 9. The van der Waals surface area contributed by atoms with E-state index >= 15 is 0 Å². The normalized spacial score (nSPS) is 15.4. The summed E-state index contributed by atoms with van der Waals surface area (Å²) in [5.41, 5.74) is 5.90. The van der Waals surface area contributed by atoms with Gasteiger partial charge in [0.05, 0.1) is 23.2 Å². The summed E-state index contributed by atoms with van der Waals surface area (Å²) in [5, 5.41) is 26.0. The SMILES string of the molecule is Cc1ccc(C2CCN(CCCn3c(=O)c4cccn4c4cc(OCCCNC(=O)Nc5ccc6c(c5)C(=O)OC65c6ccc(O)cc6Oc6cc(O)ccc65)ccc43)CC2)cc1. The molecule has 0 saturated carbocycles. The van der Waals surface area contributed by atoms with Crippen molar-refractivity contribution in [2.24, 2.45) is 0 Å². The molecule has 1 saturated heterocycles. The van der Waals surface area contributed by atoms with Gasteiger partial charge in [0, 0.05) is 59.9 Å². The molecule has 10 rings (SSSR count). The van der Waals surface area contributed by atoms with Crippen LogP contribution in [0.15, 0.2) is 120 Å². The average Bonchev–Trinajstić information content (AvgIpc) is 3.89. The molecule has 0 atom stereocenters. The Morgan fingerprint density at radius 2 is 1.52 bits per heavy atom. The van der Waals surface area contributed by atoms with Crippen molar-refractivity contribution in [3.8, 4) is 28.7 Å². The zero-order chi connectivity index (χ0) is 43.2. The van der Waals surface area contributed by atoms with Crippen LogP contribution in [0.3, 0.4) is 0 Å². The number of piperidine rings is 1. The van der Waals surface area contributed by atoms with Crippen LogP contribution in [0.5, 0.6) is 28.7 Å². The number of nitrogens with zero attached hydrogens (tertiary/aromatic N) is 3. The van der Waals surface area contributed by atoms with Crippen molar-refractivity contribution in [3.05, 3.63) is 159 Å². The van der Waals surface area contributed by atoms with Gasteiger partial charge in [-0.25, -0.2) is 9.59 Å². The molecule has 1 fully saturated rings. The number of fused-ring (bicyclic) bond motifs is 9. The van der Waals surface area contributed by atoms with Gasteiger partial charge in [-0.1, -0.05) is 35.9 Å². The highest BCUT2D eigenvalue weighted by atomic mass is 16.6. The van der Waals surface area contributed by atoms with E-state index < -0.39 is 17.6 Å². The van der Waals surface area contributed by atoms with Gasteiger partial charge in [-0.2, -0.15) is 0 Å². The first-order chi connectivity index (χ1) is 30.6. The van der Waals surface area contributed by atoms with E-state index in [1.165, 1.54) is 35.4 Å². The number of carbonyl (C=O) groups is 2. The van der Waals surface area contributed by atoms with Crippen LogP contribution in [0.4, 0.5) is 10.5 Å². The molecule has 320 valence electrons. The lowest BCUT2D eigenvalue weighted by molar-refractivity contribution is 0.0224. The van der Waals surface area contributed by atoms with E-state index in [1.807, 2.05) is 45.5 Å². The van der Waals surface area contributed by atoms with Gasteiger partial charge in [-0.05, 0) is 124 Å². The number of urea groups is 1. The number of carbonyl (C=O) groups excluding carboxylic acids is 2. The van der Waals surface area contributed by atoms with Gasteiger partial charge in [0.1, 0.15) is 34.3 Å². The number of phenolic OH excluding ortho intramolecular Hbond substituents is 2. The largest absolute Gasteiger partial charge is 0.508 e. The van der Waals surface area contributed by atoms with Gasteiger partial charge in [0.15, 0.2) is 5.60 Å². The van der Waals surface area contributed by atoms with Gasteiger partial charge in [-0.3, -0.25) is 4.79 Å². The number of hydrogen-bond donors (Lipinski definition) is 4. The van der Waals surface area contributed by atoms with Crippen molar-refractivity contribution < 1.29 is 34.0 Å². The summed E-state index contributed by atoms with van der Waals surface area (Å²) >= 11 is 0. The highest BCUT2D eigenvalue weighted by Crippen LogP contribution is 2.57. The number of esters is 1. The lowest BCUT2D eigenvalue weighted by atomic mass is 9.77. The summed E-state index contributed by atoms with van der Waals surface area (Å²) < 4.78 is 22.1. The molecule has 63 heavy (non-hydrogen) atoms. The second-order valence-electron chi connectivity index (χ2n) is 16.6. The second-order valence-corrected chi connectivity index (χ2v) is 16.6. The molecule has 0 unspecified atom stereocenters. The Morgan fingerprint density at radius 1 is 0.794 bits per heavy atom. The van der Waals surface area contributed by atoms with Gasteiger partial charge >= 0.3 is 12.0 Å². The number of amides is 2. The summed E-state index contributed by atoms with van der Waals surface area (Å²) in [6.07, 6.45) is 5.60. The summed E-state index contributed by atoms with van der Waals surface area (Å²) in [4.78, 5) is 42.6. The Labute approximate surface area is 363 Å². The van der Waals surface area contributed by atoms with E-state index in [1.54, 1.807) is 30.3 Å². The van der Waals surface area contributed by atoms with Crippen molar-refractivity contribution >= 4 is 34.2 Å². The minimum atomic E-state index is -1.39. The van der Waals surface area contributed by atoms with Gasteiger partial charge < -0.3 is 48.9 Å². The maximum Gasteiger partial charge on any atom is 0.340 e. The molecule has 0 radical (unpaired) electrons. The van der Waals surface area contributed by atoms with Crippen LogP contribution in [0.25, 0.3) is 16.6 Å². The van der Waals surface area contributed by atoms with Crippen molar-refractivity contribution in [1.82, 2.24) is 19.2 Å². The number of rotatable bonds is 11. The first-order valence-electron chi connectivity index (χ1n) is 21.5. The zero-order valence-electron chi connectivity index (χ0n) is 34.8. The number of aryl methyl sites for hydroxylation is 2. The second kappa shape index (κ2) is 16.2. The van der Waals surface area contributed by atoms with Crippen molar-refractivity contribution in [1.29, 1.82) is 0 Å². The fourth-order valence-electron chi connectivity index (χ4n) is 9.45. The van der Waals surface area contributed by atoms with Crippen LogP contribution in [0.1, 0.15) is 69.8 Å². The molecule has 5 heterocycles. The first-order valence-corrected chi connectivity index (χ1v) is 21.5. The number of aromatic nitrogens is 2. The smallest absolute Gasteiger partial charge is 0.340 e. The van der Waals surface area contributed by atoms with Crippen LogP contribution in [0, 0.1) is 6.92 Å². The van der Waals surface area contributed by atoms with E-state index in [2.05, 4.69) is 46.7 Å². The summed E-state index contributed by atoms with van der Waals surface area (Å²) in [7, 11) is 0. The molecule has 3 aliphatic rings. The molecule has 5 aromatic carbocycles. The van der Waals surface area contributed by atoms with Crippen molar-refractivity contribution in [3.63, 3.8) is 0 Å². The Kier molecular flexibility index (Phi) is 10.3. The highest BCUT2D eigenvalue weighted by Gasteiger charge is 2.53. The Balaban J connectivity index is 0.746. The topological polar surface area (TPSA) is 156 Å². The van der Waals surface area contributed by atoms with E-state index in [4.69, 9.17) is 14.2 Å². The molecule has 13 nitrogen and oxygen atoms in total. The predicted molar refractivity (Wildman–Crippen MR) is 239 cm³/mol. The van der Waals surface area contributed by atoms with Gasteiger partial charge in [0.25, 0.3) is 5.56 Å². The quantitative estimate of drug-likeness (QED) is 0.0742. The predicted octanol–water partition coefficient (Wildman–Crippen LogP) is 8.40. The van der Waals surface area contributed by atoms with Crippen molar-refractivity contribution in [2.75, 3.05) is 38.1 Å². The van der Waals surface area contributed by atoms with Gasteiger partial charge in [-0.15, -0.1) is 0 Å². The standard InChI is InChI=1S/C50H47N5O8/c1-31-6-8-32(9-7-31)33-18-24-53(25-19-33)21-4-23-55-42-17-13-37(30-44(42)54-22-2-5-43(54)47(55)58)61-26-3-20-51-49(60)52-34-10-14-39-38(27-34)48(59)63-50(39)40-15-11-35(56)28-45(40)62-46-29-36(57)12-16-41(46)50/h2,5-17,22,27-30,33,56-57H,3-4,18-21,23-26H2,1H3,(H2,51,52,60). The first kappa shape index (κ1) is 39.9. The van der Waals surface area contributed by atoms with Gasteiger partial charge in [0.2, 0.25) is 0 Å². The summed E-state index contributed by atoms with van der Waals surface area (Å²) in [6, 6.07) is 32.2.